The van der Waals surface area contributed by atoms with Crippen molar-refractivity contribution in [2.24, 2.45) is 5.73 Å². The van der Waals surface area contributed by atoms with E-state index in [0.717, 1.165) is 6.42 Å². The zero-order valence-corrected chi connectivity index (χ0v) is 10.1. The number of nitrogens with one attached hydrogen (secondary N) is 2. The van der Waals surface area contributed by atoms with Gasteiger partial charge in [0, 0.05) is 24.3 Å². The Balaban J connectivity index is 2.17. The molecule has 0 aliphatic carbocycles. The van der Waals surface area contributed by atoms with E-state index in [1.54, 1.807) is 24.3 Å². The third-order valence-corrected chi connectivity index (χ3v) is 2.30. The zero-order chi connectivity index (χ0) is 13.4. The third-order valence-electron chi connectivity index (χ3n) is 2.30. The molecule has 0 unspecified atom stereocenters. The summed E-state index contributed by atoms with van der Waals surface area (Å²) in [6.45, 7) is 0.508. The molecule has 6 nitrogen and oxygen atoms in total. The van der Waals surface area contributed by atoms with Gasteiger partial charge in [0.15, 0.2) is 0 Å². The van der Waals surface area contributed by atoms with Crippen molar-refractivity contribution >= 4 is 23.3 Å². The van der Waals surface area contributed by atoms with Crippen LogP contribution in [-0.2, 0) is 4.79 Å². The molecule has 0 atom stereocenters. The number of nitrogen functional groups attached to an aromatic ring is 1. The van der Waals surface area contributed by atoms with Crippen LogP contribution in [0.25, 0.3) is 0 Å². The number of benzene rings is 1. The van der Waals surface area contributed by atoms with Crippen molar-refractivity contribution in [1.29, 1.82) is 0 Å². The highest BCUT2D eigenvalue weighted by atomic mass is 16.2. The Bertz CT molecular complexity index is 403. The Morgan fingerprint density at radius 1 is 1.11 bits per heavy atom. The Hall–Kier alpha value is -2.24. The SMILES string of the molecule is NC(=O)CCCCNC(=O)Nc1ccc(N)cc1. The Labute approximate surface area is 106 Å². The molecule has 1 rings (SSSR count). The van der Waals surface area contributed by atoms with Gasteiger partial charge in [-0.05, 0) is 37.1 Å². The summed E-state index contributed by atoms with van der Waals surface area (Å²) in [5, 5.41) is 5.36. The van der Waals surface area contributed by atoms with Crippen LogP contribution in [0.1, 0.15) is 19.3 Å². The highest BCUT2D eigenvalue weighted by Crippen LogP contribution is 2.09. The van der Waals surface area contributed by atoms with Gasteiger partial charge in [-0.1, -0.05) is 0 Å². The molecule has 0 heterocycles. The second kappa shape index (κ2) is 7.16. The Morgan fingerprint density at radius 2 is 1.78 bits per heavy atom. The Morgan fingerprint density at radius 3 is 2.39 bits per heavy atom. The number of hydrogen-bond acceptors (Lipinski definition) is 3. The van der Waals surface area contributed by atoms with Crippen LogP contribution in [0.2, 0.25) is 0 Å². The summed E-state index contributed by atoms with van der Waals surface area (Å²) in [7, 11) is 0. The highest BCUT2D eigenvalue weighted by molar-refractivity contribution is 5.89. The molecule has 3 amide bonds. The molecule has 98 valence electrons. The summed E-state index contributed by atoms with van der Waals surface area (Å²) in [4.78, 5) is 21.9. The second-order valence-electron chi connectivity index (χ2n) is 3.93. The molecule has 0 bridgehead atoms. The minimum Gasteiger partial charge on any atom is -0.399 e. The van der Waals surface area contributed by atoms with Gasteiger partial charge in [0.2, 0.25) is 5.91 Å². The lowest BCUT2D eigenvalue weighted by molar-refractivity contribution is -0.118. The molecule has 6 N–H and O–H groups in total. The van der Waals surface area contributed by atoms with E-state index < -0.39 is 0 Å². The average molecular weight is 250 g/mol. The molecule has 0 aliphatic rings. The van der Waals surface area contributed by atoms with E-state index >= 15 is 0 Å². The quantitative estimate of drug-likeness (QED) is 0.447. The first kappa shape index (κ1) is 13.8. The van der Waals surface area contributed by atoms with Crippen LogP contribution >= 0.6 is 0 Å². The average Bonchev–Trinajstić information content (AvgIpc) is 2.31. The Kier molecular flexibility index (Phi) is 5.50. The van der Waals surface area contributed by atoms with Crippen LogP contribution < -0.4 is 22.1 Å². The predicted molar refractivity (Wildman–Crippen MR) is 70.9 cm³/mol. The molecule has 1 aromatic carbocycles. The maximum absolute atomic E-state index is 11.4. The fraction of sp³-hybridized carbons (Fsp3) is 0.333. The number of anilines is 2. The summed E-state index contributed by atoms with van der Waals surface area (Å²) in [5.41, 5.74) is 11.9. The number of primary amides is 1. The molecule has 1 aromatic rings. The van der Waals surface area contributed by atoms with Crippen molar-refractivity contribution in [3.63, 3.8) is 0 Å². The van der Waals surface area contributed by atoms with Crippen LogP contribution in [0.15, 0.2) is 24.3 Å². The summed E-state index contributed by atoms with van der Waals surface area (Å²) in [6, 6.07) is 6.59. The smallest absolute Gasteiger partial charge is 0.319 e. The topological polar surface area (TPSA) is 110 Å². The van der Waals surface area contributed by atoms with Crippen molar-refractivity contribution < 1.29 is 9.59 Å². The minimum atomic E-state index is -0.318. The number of amides is 3. The molecule has 0 saturated heterocycles. The molecule has 0 saturated carbocycles. The van der Waals surface area contributed by atoms with E-state index in [4.69, 9.17) is 11.5 Å². The van der Waals surface area contributed by atoms with Gasteiger partial charge in [0.05, 0.1) is 0 Å². The first-order valence-electron chi connectivity index (χ1n) is 5.76. The van der Waals surface area contributed by atoms with Gasteiger partial charge < -0.3 is 22.1 Å². The van der Waals surface area contributed by atoms with E-state index in [2.05, 4.69) is 10.6 Å². The fourth-order valence-electron chi connectivity index (χ4n) is 1.37. The van der Waals surface area contributed by atoms with E-state index in [1.165, 1.54) is 0 Å². The number of unbranched alkanes of at least 4 members (excludes halogenated alkanes) is 1. The standard InChI is InChI=1S/C12H18N4O2/c13-9-4-6-10(7-5-9)16-12(18)15-8-2-1-3-11(14)17/h4-7H,1-3,8,13H2,(H2,14,17)(H2,15,16,18). The molecule has 0 aliphatic heterocycles. The monoisotopic (exact) mass is 250 g/mol. The van der Waals surface area contributed by atoms with Gasteiger partial charge in [0.25, 0.3) is 0 Å². The molecular weight excluding hydrogens is 232 g/mol. The number of urea groups is 1. The number of rotatable bonds is 6. The summed E-state index contributed by atoms with van der Waals surface area (Å²) < 4.78 is 0. The largest absolute Gasteiger partial charge is 0.399 e. The molecule has 6 heteroatoms. The zero-order valence-electron chi connectivity index (χ0n) is 10.1. The fourth-order valence-corrected chi connectivity index (χ4v) is 1.37. The molecule has 0 fully saturated rings. The molecule has 0 spiro atoms. The van der Waals surface area contributed by atoms with Gasteiger partial charge in [-0.15, -0.1) is 0 Å². The predicted octanol–water partition coefficient (Wildman–Crippen LogP) is 1.05. The van der Waals surface area contributed by atoms with Gasteiger partial charge in [-0.2, -0.15) is 0 Å². The van der Waals surface area contributed by atoms with E-state index in [-0.39, 0.29) is 11.9 Å². The maximum atomic E-state index is 11.4. The molecule has 0 aromatic heterocycles. The van der Waals surface area contributed by atoms with Gasteiger partial charge in [-0.3, -0.25) is 4.79 Å². The van der Waals surface area contributed by atoms with Crippen molar-refractivity contribution in [2.45, 2.75) is 19.3 Å². The van der Waals surface area contributed by atoms with Crippen molar-refractivity contribution in [2.75, 3.05) is 17.6 Å². The van der Waals surface area contributed by atoms with Crippen LogP contribution in [0, 0.1) is 0 Å². The summed E-state index contributed by atoms with van der Waals surface area (Å²) in [6.07, 6.45) is 1.75. The van der Waals surface area contributed by atoms with E-state index in [1.807, 2.05) is 0 Å². The first-order chi connectivity index (χ1) is 8.58. The molecule has 0 radical (unpaired) electrons. The molecular formula is C12H18N4O2. The first-order valence-corrected chi connectivity index (χ1v) is 5.76. The van der Waals surface area contributed by atoms with E-state index in [9.17, 15) is 9.59 Å². The van der Waals surface area contributed by atoms with Crippen LogP contribution in [0.3, 0.4) is 0 Å². The van der Waals surface area contributed by atoms with Crippen LogP contribution in [0.4, 0.5) is 16.2 Å². The lowest BCUT2D eigenvalue weighted by atomic mass is 10.2. The summed E-state index contributed by atoms with van der Waals surface area (Å²) >= 11 is 0. The number of nitrogens with two attached hydrogens (primary N) is 2. The van der Waals surface area contributed by atoms with Crippen molar-refractivity contribution in [3.8, 4) is 0 Å². The second-order valence-corrected chi connectivity index (χ2v) is 3.93. The number of carbonyl (C=O) groups is 2. The lowest BCUT2D eigenvalue weighted by Crippen LogP contribution is -2.29. The summed E-state index contributed by atoms with van der Waals surface area (Å²) in [5.74, 6) is -0.318. The molecule has 18 heavy (non-hydrogen) atoms. The van der Waals surface area contributed by atoms with Crippen LogP contribution in [0.5, 0.6) is 0 Å². The lowest BCUT2D eigenvalue weighted by Gasteiger charge is -2.07. The normalized spacial score (nSPS) is 9.78. The highest BCUT2D eigenvalue weighted by Gasteiger charge is 2.01. The van der Waals surface area contributed by atoms with Crippen molar-refractivity contribution in [1.82, 2.24) is 5.32 Å². The van der Waals surface area contributed by atoms with Crippen molar-refractivity contribution in [3.05, 3.63) is 24.3 Å². The minimum absolute atomic E-state index is 0.279. The van der Waals surface area contributed by atoms with Gasteiger partial charge >= 0.3 is 6.03 Å². The number of carbonyl (C=O) groups excluding carboxylic acids is 2. The maximum Gasteiger partial charge on any atom is 0.319 e. The van der Waals surface area contributed by atoms with Gasteiger partial charge in [-0.25, -0.2) is 4.79 Å². The number of hydrogen-bond donors (Lipinski definition) is 4. The van der Waals surface area contributed by atoms with Crippen LogP contribution in [-0.4, -0.2) is 18.5 Å². The van der Waals surface area contributed by atoms with Gasteiger partial charge in [0.1, 0.15) is 0 Å². The van der Waals surface area contributed by atoms with E-state index in [0.29, 0.717) is 30.8 Å². The third kappa shape index (κ3) is 5.74.